The molecule has 0 spiro atoms. The van der Waals surface area contributed by atoms with Crippen LogP contribution in [0.2, 0.25) is 0 Å². The summed E-state index contributed by atoms with van der Waals surface area (Å²) in [5.74, 6) is 1.84. The molecule has 2 aliphatic rings. The van der Waals surface area contributed by atoms with Gasteiger partial charge in [0.05, 0.1) is 10.6 Å². The monoisotopic (exact) mass is 395 g/mol. The third-order valence-corrected chi connectivity index (χ3v) is 7.13. The zero-order valence-corrected chi connectivity index (χ0v) is 17.3. The van der Waals surface area contributed by atoms with Crippen molar-refractivity contribution >= 4 is 23.0 Å². The Bertz CT molecular complexity index is 1030. The molecule has 6 nitrogen and oxygen atoms in total. The topological polar surface area (TPSA) is 63.4 Å². The highest BCUT2D eigenvalue weighted by Gasteiger charge is 2.29. The molecule has 4 heterocycles. The molecule has 0 radical (unpaired) electrons. The van der Waals surface area contributed by atoms with E-state index >= 15 is 0 Å². The van der Waals surface area contributed by atoms with E-state index < -0.39 is 0 Å². The minimum absolute atomic E-state index is 0.195. The molecule has 1 amide bonds. The molecule has 1 saturated heterocycles. The molecule has 28 heavy (non-hydrogen) atoms. The van der Waals surface area contributed by atoms with Crippen LogP contribution in [-0.2, 0) is 12.8 Å². The van der Waals surface area contributed by atoms with E-state index in [-0.39, 0.29) is 11.8 Å². The van der Waals surface area contributed by atoms with Crippen molar-refractivity contribution in [1.82, 2.24) is 24.5 Å². The summed E-state index contributed by atoms with van der Waals surface area (Å²) >= 11 is 1.71. The van der Waals surface area contributed by atoms with Gasteiger partial charge in [0.25, 0.3) is 11.7 Å². The lowest BCUT2D eigenvalue weighted by atomic mass is 9.94. The van der Waals surface area contributed by atoms with Crippen LogP contribution >= 0.6 is 11.3 Å². The van der Waals surface area contributed by atoms with Gasteiger partial charge in [-0.1, -0.05) is 0 Å². The first-order chi connectivity index (χ1) is 13.6. The molecule has 3 aromatic rings. The number of likely N-dealkylation sites (tertiary alicyclic amines) is 1. The summed E-state index contributed by atoms with van der Waals surface area (Å²) in [5.41, 5.74) is 3.47. The molecule has 1 aliphatic carbocycles. The number of amides is 1. The van der Waals surface area contributed by atoms with Gasteiger partial charge >= 0.3 is 0 Å². The molecule has 3 aromatic heterocycles. The zero-order chi connectivity index (χ0) is 19.3. The molecule has 1 unspecified atom stereocenters. The minimum Gasteiger partial charge on any atom is -0.337 e. The van der Waals surface area contributed by atoms with E-state index in [1.807, 2.05) is 23.3 Å². The maximum Gasteiger partial charge on any atom is 0.263 e. The summed E-state index contributed by atoms with van der Waals surface area (Å²) in [5, 5.41) is 4.54. The van der Waals surface area contributed by atoms with Gasteiger partial charge in [0, 0.05) is 29.6 Å². The summed E-state index contributed by atoms with van der Waals surface area (Å²) < 4.78 is 1.87. The van der Waals surface area contributed by atoms with Gasteiger partial charge in [0.1, 0.15) is 5.82 Å². The molecule has 0 N–H and O–H groups in total. The van der Waals surface area contributed by atoms with Crippen LogP contribution < -0.4 is 0 Å². The average Bonchev–Trinajstić information content (AvgIpc) is 3.29. The van der Waals surface area contributed by atoms with Crippen molar-refractivity contribution in [3.63, 3.8) is 0 Å². The molecule has 5 rings (SSSR count). The fourth-order valence-electron chi connectivity index (χ4n) is 4.56. The number of hydrogen-bond acceptors (Lipinski definition) is 5. The Morgan fingerprint density at radius 2 is 2.00 bits per heavy atom. The van der Waals surface area contributed by atoms with Crippen LogP contribution in [0.1, 0.15) is 68.9 Å². The van der Waals surface area contributed by atoms with Crippen LogP contribution in [0.4, 0.5) is 0 Å². The van der Waals surface area contributed by atoms with Crippen molar-refractivity contribution in [2.24, 2.45) is 0 Å². The van der Waals surface area contributed by atoms with Crippen molar-refractivity contribution in [1.29, 1.82) is 0 Å². The van der Waals surface area contributed by atoms with Crippen LogP contribution in [0.15, 0.2) is 12.1 Å². The molecule has 1 fully saturated rings. The number of aryl methyl sites for hydroxylation is 4. The van der Waals surface area contributed by atoms with E-state index in [1.165, 1.54) is 23.3 Å². The predicted octanol–water partition coefficient (Wildman–Crippen LogP) is 3.70. The Hall–Kier alpha value is -2.28. The maximum atomic E-state index is 13.2. The van der Waals surface area contributed by atoms with Crippen LogP contribution in [0.25, 0.3) is 5.78 Å². The van der Waals surface area contributed by atoms with Gasteiger partial charge in [-0.25, -0.2) is 9.50 Å². The van der Waals surface area contributed by atoms with E-state index in [2.05, 4.69) is 27.2 Å². The third kappa shape index (κ3) is 3.11. The fraction of sp³-hybridized carbons (Fsp3) is 0.524. The molecular weight excluding hydrogens is 370 g/mol. The zero-order valence-electron chi connectivity index (χ0n) is 16.4. The van der Waals surface area contributed by atoms with Gasteiger partial charge in [-0.2, -0.15) is 10.1 Å². The quantitative estimate of drug-likeness (QED) is 0.664. The Kier molecular flexibility index (Phi) is 4.42. The average molecular weight is 396 g/mol. The number of thiophene rings is 1. The van der Waals surface area contributed by atoms with Gasteiger partial charge in [-0.05, 0) is 70.1 Å². The van der Waals surface area contributed by atoms with Crippen molar-refractivity contribution in [3.8, 4) is 0 Å². The molecule has 0 bridgehead atoms. The number of nitrogens with zero attached hydrogens (tertiary/aromatic N) is 5. The van der Waals surface area contributed by atoms with E-state index in [1.54, 1.807) is 11.3 Å². The molecule has 146 valence electrons. The largest absolute Gasteiger partial charge is 0.337 e. The number of piperidine rings is 1. The van der Waals surface area contributed by atoms with E-state index in [0.717, 1.165) is 60.9 Å². The van der Waals surface area contributed by atoms with Crippen molar-refractivity contribution in [2.45, 2.75) is 58.3 Å². The smallest absolute Gasteiger partial charge is 0.263 e. The Morgan fingerprint density at radius 1 is 1.14 bits per heavy atom. The normalized spacial score (nSPS) is 19.8. The lowest BCUT2D eigenvalue weighted by Gasteiger charge is -2.32. The SMILES string of the molecule is Cc1cc(C2CCCN(C(=O)c3cc4c(s3)CCCC4)C2)n2nc(C)nc2n1. The highest BCUT2D eigenvalue weighted by atomic mass is 32.1. The van der Waals surface area contributed by atoms with Crippen LogP contribution in [0.3, 0.4) is 0 Å². The Labute approximate surface area is 168 Å². The first-order valence-corrected chi connectivity index (χ1v) is 11.0. The lowest BCUT2D eigenvalue weighted by molar-refractivity contribution is 0.0710. The number of rotatable bonds is 2. The van der Waals surface area contributed by atoms with Gasteiger partial charge in [0.2, 0.25) is 0 Å². The summed E-state index contributed by atoms with van der Waals surface area (Å²) in [4.78, 5) is 26.5. The van der Waals surface area contributed by atoms with Gasteiger partial charge in [-0.3, -0.25) is 4.79 Å². The van der Waals surface area contributed by atoms with Crippen molar-refractivity contribution < 1.29 is 4.79 Å². The summed E-state index contributed by atoms with van der Waals surface area (Å²) in [7, 11) is 0. The number of hydrogen-bond donors (Lipinski definition) is 0. The number of carbonyl (C=O) groups excluding carboxylic acids is 1. The number of aromatic nitrogens is 4. The fourth-order valence-corrected chi connectivity index (χ4v) is 5.78. The van der Waals surface area contributed by atoms with Crippen LogP contribution in [0, 0.1) is 13.8 Å². The lowest BCUT2D eigenvalue weighted by Crippen LogP contribution is -2.39. The van der Waals surface area contributed by atoms with E-state index in [0.29, 0.717) is 5.78 Å². The van der Waals surface area contributed by atoms with Crippen LogP contribution in [-0.4, -0.2) is 43.5 Å². The van der Waals surface area contributed by atoms with Gasteiger partial charge in [-0.15, -0.1) is 11.3 Å². The molecule has 7 heteroatoms. The van der Waals surface area contributed by atoms with Crippen molar-refractivity contribution in [2.75, 3.05) is 13.1 Å². The van der Waals surface area contributed by atoms with Gasteiger partial charge < -0.3 is 4.90 Å². The summed E-state index contributed by atoms with van der Waals surface area (Å²) in [6.45, 7) is 5.46. The summed E-state index contributed by atoms with van der Waals surface area (Å²) in [6, 6.07) is 4.25. The first kappa shape index (κ1) is 17.8. The van der Waals surface area contributed by atoms with E-state index in [9.17, 15) is 4.79 Å². The molecule has 1 aliphatic heterocycles. The molecule has 1 atom stereocenters. The van der Waals surface area contributed by atoms with Gasteiger partial charge in [0.15, 0.2) is 0 Å². The Balaban J connectivity index is 1.42. The first-order valence-electron chi connectivity index (χ1n) is 10.2. The summed E-state index contributed by atoms with van der Waals surface area (Å²) in [6.07, 6.45) is 6.83. The molecular formula is C21H25N5OS. The van der Waals surface area contributed by atoms with Crippen molar-refractivity contribution in [3.05, 3.63) is 44.7 Å². The maximum absolute atomic E-state index is 13.2. The number of fused-ring (bicyclic) bond motifs is 2. The minimum atomic E-state index is 0.195. The Morgan fingerprint density at radius 3 is 2.86 bits per heavy atom. The third-order valence-electron chi connectivity index (χ3n) is 5.91. The standard InChI is InChI=1S/C21H25N5OS/c1-13-10-17(26-21(22-13)23-14(2)24-26)16-7-5-9-25(12-16)20(27)19-11-15-6-3-4-8-18(15)28-19/h10-11,16H,3-9,12H2,1-2H3. The van der Waals surface area contributed by atoms with E-state index in [4.69, 9.17) is 0 Å². The highest BCUT2D eigenvalue weighted by molar-refractivity contribution is 7.14. The molecule has 0 saturated carbocycles. The predicted molar refractivity (Wildman–Crippen MR) is 109 cm³/mol. The second kappa shape index (κ2) is 6.95. The number of carbonyl (C=O) groups is 1. The second-order valence-electron chi connectivity index (χ2n) is 8.05. The van der Waals surface area contributed by atoms with Crippen LogP contribution in [0.5, 0.6) is 0 Å². The second-order valence-corrected chi connectivity index (χ2v) is 9.19. The molecule has 0 aromatic carbocycles. The highest BCUT2D eigenvalue weighted by Crippen LogP contribution is 2.33.